The fraction of sp³-hybridized carbons (Fsp3) is 0.867. The van der Waals surface area contributed by atoms with Gasteiger partial charge in [-0.05, 0) is 44.6 Å². The molecule has 0 saturated heterocycles. The number of carbonyl (C=O) groups is 2. The van der Waals surface area contributed by atoms with Crippen molar-refractivity contribution in [1.29, 1.82) is 0 Å². The van der Waals surface area contributed by atoms with E-state index in [1.165, 1.54) is 0 Å². The summed E-state index contributed by atoms with van der Waals surface area (Å²) in [5.74, 6) is 0.195. The molecule has 0 heterocycles. The molecule has 0 bridgehead atoms. The van der Waals surface area contributed by atoms with Crippen molar-refractivity contribution in [3.05, 3.63) is 0 Å². The minimum Gasteiger partial charge on any atom is -0.352 e. The van der Waals surface area contributed by atoms with Crippen molar-refractivity contribution in [3.63, 3.8) is 0 Å². The van der Waals surface area contributed by atoms with Crippen LogP contribution < -0.4 is 16.4 Å². The van der Waals surface area contributed by atoms with E-state index in [1.54, 1.807) is 0 Å². The van der Waals surface area contributed by atoms with Crippen LogP contribution in [0.5, 0.6) is 0 Å². The molecule has 20 heavy (non-hydrogen) atoms. The van der Waals surface area contributed by atoms with E-state index in [0.717, 1.165) is 12.8 Å². The summed E-state index contributed by atoms with van der Waals surface area (Å²) >= 11 is 0. The lowest BCUT2D eigenvalue weighted by atomic mass is 9.76. The second kappa shape index (κ2) is 8.95. The van der Waals surface area contributed by atoms with Crippen LogP contribution in [-0.2, 0) is 9.59 Å². The molecule has 0 aliphatic rings. The molecule has 0 fully saturated rings. The molecule has 2 amide bonds. The highest BCUT2D eigenvalue weighted by Gasteiger charge is 2.24. The Balaban J connectivity index is 4.05. The highest BCUT2D eigenvalue weighted by Crippen LogP contribution is 2.31. The molecular formula is C15H31N3O2. The largest absolute Gasteiger partial charge is 0.352 e. The van der Waals surface area contributed by atoms with Gasteiger partial charge in [-0.15, -0.1) is 0 Å². The van der Waals surface area contributed by atoms with Gasteiger partial charge in [-0.1, -0.05) is 20.8 Å². The van der Waals surface area contributed by atoms with Crippen LogP contribution in [0.25, 0.3) is 0 Å². The van der Waals surface area contributed by atoms with Gasteiger partial charge in [0.25, 0.3) is 0 Å². The monoisotopic (exact) mass is 285 g/mol. The van der Waals surface area contributed by atoms with Crippen molar-refractivity contribution >= 4 is 11.8 Å². The molecule has 1 atom stereocenters. The van der Waals surface area contributed by atoms with E-state index in [0.29, 0.717) is 18.9 Å². The number of rotatable bonds is 8. The molecule has 0 aromatic rings. The zero-order valence-corrected chi connectivity index (χ0v) is 13.6. The van der Waals surface area contributed by atoms with Crippen LogP contribution in [-0.4, -0.2) is 30.9 Å². The van der Waals surface area contributed by atoms with Gasteiger partial charge in [-0.3, -0.25) is 9.59 Å². The quantitative estimate of drug-likeness (QED) is 0.630. The van der Waals surface area contributed by atoms with Gasteiger partial charge in [0.05, 0.1) is 6.54 Å². The van der Waals surface area contributed by atoms with E-state index in [4.69, 9.17) is 5.73 Å². The zero-order chi connectivity index (χ0) is 15.8. The fourth-order valence-electron chi connectivity index (χ4n) is 2.16. The second-order valence-corrected chi connectivity index (χ2v) is 6.68. The third-order valence-electron chi connectivity index (χ3n) is 3.36. The predicted octanol–water partition coefficient (Wildman–Crippen LogP) is 1.42. The summed E-state index contributed by atoms with van der Waals surface area (Å²) in [6.07, 6.45) is 2.17. The van der Waals surface area contributed by atoms with Crippen molar-refractivity contribution in [2.24, 2.45) is 17.1 Å². The zero-order valence-electron chi connectivity index (χ0n) is 13.6. The molecule has 5 nitrogen and oxygen atoms in total. The lowest BCUT2D eigenvalue weighted by molar-refractivity contribution is -0.126. The average Bonchev–Trinajstić information content (AvgIpc) is 2.29. The molecule has 0 aromatic heterocycles. The molecule has 0 rings (SSSR count). The molecule has 0 aromatic carbocycles. The summed E-state index contributed by atoms with van der Waals surface area (Å²) in [6.45, 7) is 11.0. The molecule has 0 spiro atoms. The Morgan fingerprint density at radius 2 is 1.70 bits per heavy atom. The summed E-state index contributed by atoms with van der Waals surface area (Å²) < 4.78 is 0. The lowest BCUT2D eigenvalue weighted by Gasteiger charge is -2.30. The SMILES string of the molecule is CC(C)NC(=O)CNC(=O)CCC(CCN)C(C)(C)C. The van der Waals surface area contributed by atoms with Crippen molar-refractivity contribution in [2.75, 3.05) is 13.1 Å². The van der Waals surface area contributed by atoms with Gasteiger partial charge < -0.3 is 16.4 Å². The Labute approximate surface area is 123 Å². The van der Waals surface area contributed by atoms with Crippen molar-refractivity contribution in [3.8, 4) is 0 Å². The normalized spacial score (nSPS) is 13.2. The number of hydrogen-bond donors (Lipinski definition) is 3. The van der Waals surface area contributed by atoms with Crippen molar-refractivity contribution < 1.29 is 9.59 Å². The lowest BCUT2D eigenvalue weighted by Crippen LogP contribution is -2.40. The van der Waals surface area contributed by atoms with Crippen LogP contribution in [0.15, 0.2) is 0 Å². The predicted molar refractivity (Wildman–Crippen MR) is 82.1 cm³/mol. The Morgan fingerprint density at radius 3 is 2.15 bits per heavy atom. The molecule has 0 aliphatic heterocycles. The van der Waals surface area contributed by atoms with Crippen molar-refractivity contribution in [1.82, 2.24) is 10.6 Å². The van der Waals surface area contributed by atoms with E-state index in [1.807, 2.05) is 13.8 Å². The highest BCUT2D eigenvalue weighted by atomic mass is 16.2. The molecule has 4 N–H and O–H groups in total. The maximum atomic E-state index is 11.7. The highest BCUT2D eigenvalue weighted by molar-refractivity contribution is 5.84. The van der Waals surface area contributed by atoms with Crippen LogP contribution in [0.3, 0.4) is 0 Å². The number of nitrogens with one attached hydrogen (secondary N) is 2. The number of hydrogen-bond acceptors (Lipinski definition) is 3. The third-order valence-corrected chi connectivity index (χ3v) is 3.36. The van der Waals surface area contributed by atoms with E-state index in [9.17, 15) is 9.59 Å². The molecular weight excluding hydrogens is 254 g/mol. The van der Waals surface area contributed by atoms with E-state index >= 15 is 0 Å². The van der Waals surface area contributed by atoms with Gasteiger partial charge >= 0.3 is 0 Å². The third kappa shape index (κ3) is 8.91. The Hall–Kier alpha value is -1.10. The fourth-order valence-corrected chi connectivity index (χ4v) is 2.16. The summed E-state index contributed by atoms with van der Waals surface area (Å²) in [4.78, 5) is 23.2. The minimum atomic E-state index is -0.150. The first-order valence-corrected chi connectivity index (χ1v) is 7.43. The maximum Gasteiger partial charge on any atom is 0.239 e. The number of carbonyl (C=O) groups excluding carboxylic acids is 2. The summed E-state index contributed by atoms with van der Waals surface area (Å²) in [5, 5.41) is 5.39. The van der Waals surface area contributed by atoms with Gasteiger partial charge in [-0.25, -0.2) is 0 Å². The van der Waals surface area contributed by atoms with Gasteiger partial charge in [0.2, 0.25) is 11.8 Å². The Kier molecular flexibility index (Phi) is 8.46. The van der Waals surface area contributed by atoms with E-state index < -0.39 is 0 Å². The molecule has 0 saturated carbocycles. The van der Waals surface area contributed by atoms with E-state index in [-0.39, 0.29) is 29.8 Å². The minimum absolute atomic E-state index is 0.0497. The first-order valence-electron chi connectivity index (χ1n) is 7.43. The second-order valence-electron chi connectivity index (χ2n) is 6.68. The van der Waals surface area contributed by atoms with Gasteiger partial charge in [-0.2, -0.15) is 0 Å². The van der Waals surface area contributed by atoms with Gasteiger partial charge in [0.15, 0.2) is 0 Å². The maximum absolute atomic E-state index is 11.7. The molecule has 0 radical (unpaired) electrons. The molecule has 5 heteroatoms. The van der Waals surface area contributed by atoms with Gasteiger partial charge in [0.1, 0.15) is 0 Å². The van der Waals surface area contributed by atoms with Crippen LogP contribution in [0, 0.1) is 11.3 Å². The van der Waals surface area contributed by atoms with Crippen LogP contribution >= 0.6 is 0 Å². The average molecular weight is 285 g/mol. The number of amides is 2. The van der Waals surface area contributed by atoms with E-state index in [2.05, 4.69) is 31.4 Å². The first-order chi connectivity index (χ1) is 9.16. The molecule has 0 aliphatic carbocycles. The Bertz CT molecular complexity index is 309. The van der Waals surface area contributed by atoms with Gasteiger partial charge in [0, 0.05) is 12.5 Å². The van der Waals surface area contributed by atoms with Crippen LogP contribution in [0.4, 0.5) is 0 Å². The molecule has 1 unspecified atom stereocenters. The topological polar surface area (TPSA) is 84.2 Å². The summed E-state index contributed by atoms with van der Waals surface area (Å²) in [7, 11) is 0. The standard InChI is InChI=1S/C15H31N3O2/c1-11(2)18-14(20)10-17-13(19)7-6-12(8-9-16)15(3,4)5/h11-12H,6-10,16H2,1-5H3,(H,17,19)(H,18,20). The summed E-state index contributed by atoms with van der Waals surface area (Å²) in [5.41, 5.74) is 5.77. The Morgan fingerprint density at radius 1 is 1.10 bits per heavy atom. The first kappa shape index (κ1) is 18.9. The molecule has 118 valence electrons. The smallest absolute Gasteiger partial charge is 0.239 e. The van der Waals surface area contributed by atoms with Crippen LogP contribution in [0.2, 0.25) is 0 Å². The van der Waals surface area contributed by atoms with Crippen molar-refractivity contribution in [2.45, 2.75) is 59.9 Å². The summed E-state index contributed by atoms with van der Waals surface area (Å²) in [6, 6.07) is 0.0919. The van der Waals surface area contributed by atoms with Crippen LogP contribution in [0.1, 0.15) is 53.9 Å². The number of nitrogens with two attached hydrogens (primary N) is 1.